The van der Waals surface area contributed by atoms with Crippen LogP contribution in [-0.2, 0) is 0 Å². The van der Waals surface area contributed by atoms with E-state index < -0.39 is 0 Å². The highest BCUT2D eigenvalue weighted by molar-refractivity contribution is 6.20. The van der Waals surface area contributed by atoms with Crippen LogP contribution in [0, 0.1) is 0 Å². The Bertz CT molecular complexity index is 840. The number of carbonyl (C=O) groups is 1. The van der Waals surface area contributed by atoms with Crippen LogP contribution in [0.4, 0.5) is 5.69 Å². The maximum absolute atomic E-state index is 13.0. The van der Waals surface area contributed by atoms with Gasteiger partial charge in [-0.05, 0) is 35.9 Å². The summed E-state index contributed by atoms with van der Waals surface area (Å²) < 4.78 is 5.67. The number of hydrogen-bond donors (Lipinski definition) is 1. The molecule has 0 fully saturated rings. The van der Waals surface area contributed by atoms with E-state index in [9.17, 15) is 4.79 Å². The fraction of sp³-hybridized carbons (Fsp3) is 0.105. The van der Waals surface area contributed by atoms with Gasteiger partial charge in [0.2, 0.25) is 0 Å². The van der Waals surface area contributed by atoms with Gasteiger partial charge in [0.1, 0.15) is 5.75 Å². The third kappa shape index (κ3) is 2.42. The number of ketones is 1. The predicted octanol–water partition coefficient (Wildman–Crippen LogP) is 4.05. The quantitative estimate of drug-likeness (QED) is 0.582. The molecule has 0 heterocycles. The second kappa shape index (κ2) is 5.90. The molecule has 0 aliphatic carbocycles. The lowest BCUT2D eigenvalue weighted by Crippen LogP contribution is -2.08. The molecule has 0 atom stereocenters. The minimum Gasteiger partial charge on any atom is -0.493 e. The fourth-order valence-corrected chi connectivity index (χ4v) is 2.60. The van der Waals surface area contributed by atoms with Crippen LogP contribution < -0.4 is 10.5 Å². The van der Waals surface area contributed by atoms with Crippen molar-refractivity contribution in [3.05, 3.63) is 71.8 Å². The highest BCUT2D eigenvalue weighted by Gasteiger charge is 2.19. The summed E-state index contributed by atoms with van der Waals surface area (Å²) in [5.41, 5.74) is 7.51. The molecule has 3 rings (SSSR count). The highest BCUT2D eigenvalue weighted by atomic mass is 16.5. The molecule has 3 nitrogen and oxygen atoms in total. The summed E-state index contributed by atoms with van der Waals surface area (Å²) in [6.07, 6.45) is 0. The van der Waals surface area contributed by atoms with Gasteiger partial charge in [0, 0.05) is 11.3 Å². The Hall–Kier alpha value is -2.81. The number of benzene rings is 3. The molecule has 0 aliphatic heterocycles. The minimum absolute atomic E-state index is 0.113. The molecule has 3 heteroatoms. The van der Waals surface area contributed by atoms with Gasteiger partial charge in [0.05, 0.1) is 12.2 Å². The molecule has 0 saturated heterocycles. The van der Waals surface area contributed by atoms with Crippen LogP contribution in [0.2, 0.25) is 0 Å². The standard InChI is InChI=1S/C19H17NO2/c1-2-22-17-12-11-13-7-3-4-8-14(13)18(17)19(21)15-9-5-6-10-16(15)20/h3-12H,2,20H2,1H3. The van der Waals surface area contributed by atoms with Crippen molar-refractivity contribution in [2.75, 3.05) is 12.3 Å². The number of anilines is 1. The molecule has 0 amide bonds. The lowest BCUT2D eigenvalue weighted by Gasteiger charge is -2.13. The van der Waals surface area contributed by atoms with E-state index in [0.29, 0.717) is 29.2 Å². The summed E-state index contributed by atoms with van der Waals surface area (Å²) in [6, 6.07) is 18.7. The van der Waals surface area contributed by atoms with Crippen LogP contribution in [0.25, 0.3) is 10.8 Å². The Morgan fingerprint density at radius 1 is 1.00 bits per heavy atom. The van der Waals surface area contributed by atoms with Crippen molar-refractivity contribution in [1.29, 1.82) is 0 Å². The van der Waals surface area contributed by atoms with Gasteiger partial charge in [-0.2, -0.15) is 0 Å². The zero-order valence-corrected chi connectivity index (χ0v) is 12.4. The number of nitrogen functional groups attached to an aromatic ring is 1. The maximum atomic E-state index is 13.0. The molecular weight excluding hydrogens is 274 g/mol. The summed E-state index contributed by atoms with van der Waals surface area (Å²) in [4.78, 5) is 13.0. The third-order valence-electron chi connectivity index (χ3n) is 3.62. The van der Waals surface area contributed by atoms with Crippen molar-refractivity contribution in [2.24, 2.45) is 0 Å². The number of fused-ring (bicyclic) bond motifs is 1. The van der Waals surface area contributed by atoms with Crippen LogP contribution in [0.3, 0.4) is 0 Å². The monoisotopic (exact) mass is 291 g/mol. The van der Waals surface area contributed by atoms with Gasteiger partial charge in [-0.1, -0.05) is 42.5 Å². The van der Waals surface area contributed by atoms with Crippen LogP contribution in [0.15, 0.2) is 60.7 Å². The van der Waals surface area contributed by atoms with Crippen LogP contribution >= 0.6 is 0 Å². The average molecular weight is 291 g/mol. The third-order valence-corrected chi connectivity index (χ3v) is 3.62. The first kappa shape index (κ1) is 14.1. The molecule has 0 bridgehead atoms. The van der Waals surface area contributed by atoms with E-state index in [4.69, 9.17) is 10.5 Å². The average Bonchev–Trinajstić information content (AvgIpc) is 2.55. The predicted molar refractivity (Wildman–Crippen MR) is 89.4 cm³/mol. The van der Waals surface area contributed by atoms with Crippen LogP contribution in [0.5, 0.6) is 5.75 Å². The molecule has 110 valence electrons. The van der Waals surface area contributed by atoms with Gasteiger partial charge >= 0.3 is 0 Å². The van der Waals surface area contributed by atoms with E-state index in [-0.39, 0.29) is 5.78 Å². The van der Waals surface area contributed by atoms with E-state index in [1.165, 1.54) is 0 Å². The first-order chi connectivity index (χ1) is 10.7. The molecule has 0 aliphatic rings. The van der Waals surface area contributed by atoms with Crippen LogP contribution in [-0.4, -0.2) is 12.4 Å². The van der Waals surface area contributed by atoms with E-state index in [1.54, 1.807) is 12.1 Å². The summed E-state index contributed by atoms with van der Waals surface area (Å²) in [5.74, 6) is 0.479. The second-order valence-corrected chi connectivity index (χ2v) is 5.01. The van der Waals surface area contributed by atoms with Crippen molar-refractivity contribution in [2.45, 2.75) is 6.92 Å². The summed E-state index contributed by atoms with van der Waals surface area (Å²) in [6.45, 7) is 2.41. The van der Waals surface area contributed by atoms with Gasteiger partial charge in [0.25, 0.3) is 0 Å². The van der Waals surface area contributed by atoms with Gasteiger partial charge in [-0.25, -0.2) is 0 Å². The molecule has 0 unspecified atom stereocenters. The Labute approximate surface area is 129 Å². The van der Waals surface area contributed by atoms with Crippen molar-refractivity contribution in [3.8, 4) is 5.75 Å². The van der Waals surface area contributed by atoms with E-state index >= 15 is 0 Å². The summed E-state index contributed by atoms with van der Waals surface area (Å²) >= 11 is 0. The molecule has 2 N–H and O–H groups in total. The van der Waals surface area contributed by atoms with Crippen molar-refractivity contribution < 1.29 is 9.53 Å². The normalized spacial score (nSPS) is 10.6. The first-order valence-electron chi connectivity index (χ1n) is 7.26. The molecule has 0 spiro atoms. The number of hydrogen-bond acceptors (Lipinski definition) is 3. The first-order valence-corrected chi connectivity index (χ1v) is 7.26. The lowest BCUT2D eigenvalue weighted by molar-refractivity contribution is 0.103. The van der Waals surface area contributed by atoms with E-state index in [1.807, 2.05) is 55.5 Å². The molecule has 3 aromatic carbocycles. The summed E-state index contributed by atoms with van der Waals surface area (Å²) in [5, 5.41) is 1.88. The maximum Gasteiger partial charge on any atom is 0.199 e. The molecule has 0 saturated carbocycles. The molecule has 3 aromatic rings. The van der Waals surface area contributed by atoms with Crippen molar-refractivity contribution in [3.63, 3.8) is 0 Å². The number of para-hydroxylation sites is 1. The fourth-order valence-electron chi connectivity index (χ4n) is 2.60. The number of nitrogens with two attached hydrogens (primary N) is 1. The van der Waals surface area contributed by atoms with Crippen molar-refractivity contribution in [1.82, 2.24) is 0 Å². The molecular formula is C19H17NO2. The van der Waals surface area contributed by atoms with Gasteiger partial charge < -0.3 is 10.5 Å². The molecule has 0 aromatic heterocycles. The number of rotatable bonds is 4. The van der Waals surface area contributed by atoms with Crippen molar-refractivity contribution >= 4 is 22.2 Å². The Morgan fingerprint density at radius 2 is 1.73 bits per heavy atom. The van der Waals surface area contributed by atoms with Gasteiger partial charge in [-0.15, -0.1) is 0 Å². The molecule has 0 radical (unpaired) electrons. The zero-order valence-electron chi connectivity index (χ0n) is 12.4. The highest BCUT2D eigenvalue weighted by Crippen LogP contribution is 2.31. The topological polar surface area (TPSA) is 52.3 Å². The van der Waals surface area contributed by atoms with Gasteiger partial charge in [-0.3, -0.25) is 4.79 Å². The Balaban J connectivity index is 2.26. The largest absolute Gasteiger partial charge is 0.493 e. The SMILES string of the molecule is CCOc1ccc2ccccc2c1C(=O)c1ccccc1N. The number of ether oxygens (including phenoxy) is 1. The smallest absolute Gasteiger partial charge is 0.199 e. The Morgan fingerprint density at radius 3 is 2.50 bits per heavy atom. The van der Waals surface area contributed by atoms with Gasteiger partial charge in [0.15, 0.2) is 5.78 Å². The van der Waals surface area contributed by atoms with E-state index in [2.05, 4.69) is 0 Å². The molecule has 22 heavy (non-hydrogen) atoms. The second-order valence-electron chi connectivity index (χ2n) is 5.01. The minimum atomic E-state index is -0.113. The lowest BCUT2D eigenvalue weighted by atomic mass is 9.95. The van der Waals surface area contributed by atoms with Crippen LogP contribution in [0.1, 0.15) is 22.8 Å². The number of carbonyl (C=O) groups excluding carboxylic acids is 1. The Kier molecular flexibility index (Phi) is 3.79. The summed E-state index contributed by atoms with van der Waals surface area (Å²) in [7, 11) is 0. The van der Waals surface area contributed by atoms with E-state index in [0.717, 1.165) is 10.8 Å². The zero-order chi connectivity index (χ0) is 15.5.